The highest BCUT2D eigenvalue weighted by atomic mass is 32.2. The zero-order valence-corrected chi connectivity index (χ0v) is 90.6. The lowest BCUT2D eigenvalue weighted by molar-refractivity contribution is -0.128. The van der Waals surface area contributed by atoms with Crippen molar-refractivity contribution in [3.05, 3.63) is 226 Å². The van der Waals surface area contributed by atoms with Crippen molar-refractivity contribution in [3.63, 3.8) is 0 Å². The number of anilines is 6. The molecule has 8 aliphatic carbocycles. The number of hydrogen-bond donors (Lipinski definition) is 9. The molecular weight excluding hydrogens is 2040 g/mol. The first kappa shape index (κ1) is 109. The maximum absolute atomic E-state index is 13.8. The number of aryl methyl sites for hydroxylation is 11. The highest BCUT2D eigenvalue weighted by molar-refractivity contribution is 7.89. The van der Waals surface area contributed by atoms with Crippen molar-refractivity contribution in [2.45, 2.75) is 230 Å². The standard InChI is InChI=1S/C24H28FN3O4S2.C23H28FN3OS.2C22H28FN3O2S.C20H20FN3O2S2/c1-16-6-9-20(31-2)22(14-16)34(29,30)27-11-13-32-12-10-26-24-28-23-19-15-18(25)8-7-17(19)4-3-5-21(23)33-24;24-17-9-8-16-3-1-4-20-22(19(16)13-17)26-23(29-20)25-18-10-6-15(7-11-18)14-27-12-2-5-21(27)28;1-28-13-20(27)24-12-14-5-9-17(10-6-14)25-22-26-21-18-11-16(23)8-7-15(18)3-2-4-19(21)29-22;1-2-28-22(27)25-17-10-6-14(7-11-17)13-24-21-26-20-18-12-16(23)9-8-15(18)4-3-5-19(20)29-21;1-28(25,26)22-12-13-5-9-16(10-6-13)23-20-24-19-17-11-15(21)8-7-14(17)3-2-4-18(19)27-20/h6-9,14-15,27H,3-5,10-13H2,1-2H3,(H,26,28);8-9,13,15,18H,1-7,10-12,14H2,(H,25,26);7-8,11,14,17H,2-6,9-10,12-13H2,1H3,(H,24,27)(H,25,26);8-9,12,14,17H,2-7,10-11,13H2,1H3,(H,24,26)(H,25,27);5-11,22H,2-4,12H2,1H3,(H,23,24). The van der Waals surface area contributed by atoms with E-state index in [1.54, 1.807) is 123 Å². The smallest absolute Gasteiger partial charge is 0.407 e. The van der Waals surface area contributed by atoms with E-state index in [-0.39, 0.29) is 78.3 Å². The average Bonchev–Trinajstić information content (AvgIpc) is 1.65. The number of alkyl carbamates (subject to hydrolysis) is 1. The van der Waals surface area contributed by atoms with Crippen molar-refractivity contribution in [1.29, 1.82) is 0 Å². The van der Waals surface area contributed by atoms with Gasteiger partial charge in [0.2, 0.25) is 31.9 Å². The van der Waals surface area contributed by atoms with E-state index in [1.807, 2.05) is 68.4 Å². The summed E-state index contributed by atoms with van der Waals surface area (Å²) in [5.41, 5.74) is 17.7. The third-order valence-corrected chi connectivity index (χ3v) is 36.1. The van der Waals surface area contributed by atoms with Crippen LogP contribution in [-0.2, 0) is 115 Å². The fraction of sp³-hybridized carbons (Fsp3) is 0.459. The topological polar surface area (TPSA) is 332 Å². The molecule has 6 heterocycles. The molecule has 0 spiro atoms. The summed E-state index contributed by atoms with van der Waals surface area (Å²) in [5, 5.41) is 27.6. The monoisotopic (exact) mass is 2170 g/mol. The zero-order valence-electron chi connectivity index (χ0n) is 84.9. The van der Waals surface area contributed by atoms with Crippen molar-refractivity contribution < 1.29 is 72.1 Å². The Morgan fingerprint density at radius 3 is 1.30 bits per heavy atom. The number of likely N-dealkylation sites (tertiary alicyclic amines) is 1. The summed E-state index contributed by atoms with van der Waals surface area (Å²) >= 11 is 8.34. The Balaban J connectivity index is 0.000000127. The van der Waals surface area contributed by atoms with E-state index in [0.29, 0.717) is 61.3 Å². The fourth-order valence-electron chi connectivity index (χ4n) is 20.9. The molecule has 38 heteroatoms. The van der Waals surface area contributed by atoms with E-state index in [1.165, 1.54) is 75.4 Å². The van der Waals surface area contributed by atoms with E-state index >= 15 is 0 Å². The number of benzene rings is 7. The number of amides is 3. The molecule has 9 N–H and O–H groups in total. The van der Waals surface area contributed by atoms with Crippen LogP contribution in [0.15, 0.2) is 138 Å². The van der Waals surface area contributed by atoms with Crippen LogP contribution in [0, 0.1) is 53.8 Å². The molecule has 21 rings (SSSR count). The van der Waals surface area contributed by atoms with Crippen LogP contribution in [0.25, 0.3) is 56.3 Å². The second kappa shape index (κ2) is 51.9. The molecule has 3 amide bonds. The fourth-order valence-corrected chi connectivity index (χ4v) is 27.9. The summed E-state index contributed by atoms with van der Waals surface area (Å²) in [7, 11) is -3.94. The van der Waals surface area contributed by atoms with E-state index in [0.717, 1.165) is 321 Å². The van der Waals surface area contributed by atoms with Gasteiger partial charge in [-0.05, 0) is 335 Å². The van der Waals surface area contributed by atoms with Gasteiger partial charge >= 0.3 is 6.09 Å². The number of hydrogen-bond acceptors (Lipinski definition) is 26. The maximum Gasteiger partial charge on any atom is 0.407 e. The summed E-state index contributed by atoms with van der Waals surface area (Å²) in [6.45, 7) is 9.23. The highest BCUT2D eigenvalue weighted by Gasteiger charge is 2.34. The molecule has 1 saturated heterocycles. The summed E-state index contributed by atoms with van der Waals surface area (Å²) in [5.74, 6) is 1.25. The molecule has 0 bridgehead atoms. The van der Waals surface area contributed by atoms with Crippen LogP contribution < -0.4 is 51.4 Å². The SMILES string of the molecule is CCOC(=O)NC1CCC(CNc2nc3c(s2)CCCc2ccc(F)cc2-3)CC1.COCC(=O)NCC1CCC(Nc2nc3c(s2)CCCc2ccc(F)cc2-3)CC1.COc1ccc(C)cc1S(=O)(=O)NCCOCCNc1nc2c(s1)CCCc1ccc(F)cc1-2.CS(=O)(=O)NCc1ccc(Nc2nc3c(s2)CCCc2ccc(F)cc2-3)cc1.O=C1CCCN1CC1CCC(Nc2nc3c(s2)CCCc2ccc(F)cc2-3)CC1. The van der Waals surface area contributed by atoms with Crippen molar-refractivity contribution in [1.82, 2.24) is 49.9 Å². The van der Waals surface area contributed by atoms with Crippen LogP contribution in [0.2, 0.25) is 0 Å². The Morgan fingerprint density at radius 1 is 0.450 bits per heavy atom. The summed E-state index contributed by atoms with van der Waals surface area (Å²) in [4.78, 5) is 67.2. The van der Waals surface area contributed by atoms with Gasteiger partial charge in [0.05, 0.1) is 61.7 Å². The van der Waals surface area contributed by atoms with Crippen LogP contribution in [0.3, 0.4) is 0 Å². The number of carbonyl (C=O) groups excluding carboxylic acids is 3. The minimum atomic E-state index is -3.70. The normalized spacial score (nSPS) is 18.4. The molecule has 12 aromatic rings. The molecule has 5 aromatic heterocycles. The summed E-state index contributed by atoms with van der Waals surface area (Å²) in [6, 6.07) is 38.7. The third kappa shape index (κ3) is 30.1. The number of nitrogens with one attached hydrogen (secondary N) is 9. The number of thiazole rings is 5. The van der Waals surface area contributed by atoms with Gasteiger partial charge in [-0.25, -0.2) is 77.9 Å². The summed E-state index contributed by atoms with van der Waals surface area (Å²) < 4.78 is 142. The third-order valence-electron chi connectivity index (χ3n) is 28.6. The summed E-state index contributed by atoms with van der Waals surface area (Å²) in [6.07, 6.45) is 30.5. The molecule has 0 unspecified atom stereocenters. The van der Waals surface area contributed by atoms with Crippen LogP contribution in [0.4, 0.5) is 58.1 Å². The molecule has 26 nitrogen and oxygen atoms in total. The molecule has 3 saturated carbocycles. The maximum atomic E-state index is 13.8. The van der Waals surface area contributed by atoms with Crippen LogP contribution in [0.1, 0.15) is 192 Å². The van der Waals surface area contributed by atoms with Gasteiger partial charge in [0.15, 0.2) is 25.7 Å². The molecule has 7 aromatic carbocycles. The predicted molar refractivity (Wildman–Crippen MR) is 585 cm³/mol. The van der Waals surface area contributed by atoms with Crippen LogP contribution in [0.5, 0.6) is 5.75 Å². The van der Waals surface area contributed by atoms with Crippen molar-refractivity contribution >= 4 is 126 Å². The van der Waals surface area contributed by atoms with Gasteiger partial charge in [0.1, 0.15) is 46.3 Å². The predicted octanol–water partition coefficient (Wildman–Crippen LogP) is 22.7. The molecule has 0 atom stereocenters. The minimum Gasteiger partial charge on any atom is -0.495 e. The van der Waals surface area contributed by atoms with Gasteiger partial charge in [0.25, 0.3) is 0 Å². The van der Waals surface area contributed by atoms with Gasteiger partial charge in [-0.3, -0.25) is 9.59 Å². The number of nitrogens with zero attached hydrogens (tertiary/aromatic N) is 6. The number of carbonyl (C=O) groups is 3. The molecular formula is C111H132F5N15O11S7. The van der Waals surface area contributed by atoms with E-state index in [4.69, 9.17) is 43.9 Å². The van der Waals surface area contributed by atoms with Gasteiger partial charge in [-0.15, -0.1) is 56.7 Å². The van der Waals surface area contributed by atoms with Crippen molar-refractivity contribution in [2.24, 2.45) is 17.8 Å². The van der Waals surface area contributed by atoms with Gasteiger partial charge in [0, 0.05) is 135 Å². The number of rotatable bonds is 30. The lowest BCUT2D eigenvalue weighted by Gasteiger charge is -2.31. The Labute approximate surface area is 889 Å². The van der Waals surface area contributed by atoms with Gasteiger partial charge < -0.3 is 61.1 Å². The lowest BCUT2D eigenvalue weighted by atomic mass is 9.86. The van der Waals surface area contributed by atoms with Crippen molar-refractivity contribution in [2.75, 3.05) is 113 Å². The quantitative estimate of drug-likeness (QED) is 0.0149. The molecule has 0 radical (unpaired) electrons. The molecule has 1 aliphatic heterocycles. The first-order valence-corrected chi connectivity index (χ1v) is 59.5. The average molecular weight is 2170 g/mol. The highest BCUT2D eigenvalue weighted by Crippen LogP contribution is 2.46. The Bertz CT molecular complexity index is 6860. The number of ether oxygens (including phenoxy) is 4. The Hall–Kier alpha value is -10.9. The molecule has 794 valence electrons. The molecule has 9 aliphatic rings. The minimum absolute atomic E-state index is 0.0475. The molecule has 149 heavy (non-hydrogen) atoms. The van der Waals surface area contributed by atoms with Crippen molar-refractivity contribution in [3.8, 4) is 62.0 Å². The number of aromatic nitrogens is 5. The lowest BCUT2D eigenvalue weighted by Crippen LogP contribution is -2.38. The van der Waals surface area contributed by atoms with Gasteiger partial charge in [-0.1, -0.05) is 48.5 Å². The first-order chi connectivity index (χ1) is 72.1. The van der Waals surface area contributed by atoms with Crippen LogP contribution >= 0.6 is 56.7 Å². The Kier molecular flexibility index (Phi) is 38.1. The van der Waals surface area contributed by atoms with Crippen LogP contribution in [-0.4, -0.2) is 169 Å². The number of sulfonamides is 2. The van der Waals surface area contributed by atoms with E-state index in [9.17, 15) is 53.2 Å². The molecule has 4 fully saturated rings. The van der Waals surface area contributed by atoms with E-state index < -0.39 is 20.0 Å². The first-order valence-electron chi connectivity index (χ1n) is 52.1. The van der Waals surface area contributed by atoms with E-state index in [2.05, 4.69) is 51.6 Å². The second-order valence-electron chi connectivity index (χ2n) is 39.6. The number of fused-ring (bicyclic) bond motifs is 15. The Morgan fingerprint density at radius 2 is 0.866 bits per heavy atom. The second-order valence-corrected chi connectivity index (χ2v) is 48.6. The number of halogens is 5. The zero-order chi connectivity index (χ0) is 104. The largest absolute Gasteiger partial charge is 0.495 e. The van der Waals surface area contributed by atoms with Gasteiger partial charge in [-0.2, -0.15) is 0 Å². The number of methoxy groups -OCH3 is 2.